The minimum absolute atomic E-state index is 0. The topological polar surface area (TPSA) is 64.1 Å². The van der Waals surface area contributed by atoms with Gasteiger partial charge in [-0.15, -0.1) is 29.3 Å². The van der Waals surface area contributed by atoms with Gasteiger partial charge in [-0.1, -0.05) is 171 Å². The molecule has 0 aliphatic rings. The number of aromatic hydroxyl groups is 1. The van der Waals surface area contributed by atoms with Crippen molar-refractivity contribution in [3.8, 4) is 67.5 Å². The number of rotatable bonds is 6. The number of para-hydroxylation sites is 2. The number of aromatic nitrogens is 3. The molecule has 0 radical (unpaired) electrons. The van der Waals surface area contributed by atoms with Crippen LogP contribution in [0.15, 0.2) is 162 Å². The molecule has 0 saturated heterocycles. The number of phenolic OH excluding ortho intramolecular Hbond substituents is 1. The monoisotopic (exact) mass is 1040 g/mol. The van der Waals surface area contributed by atoms with Crippen molar-refractivity contribution in [3.05, 3.63) is 181 Å². The van der Waals surface area contributed by atoms with Gasteiger partial charge < -0.3 is 9.52 Å². The van der Waals surface area contributed by atoms with E-state index in [4.69, 9.17) is 14.4 Å². The molecule has 0 atom stereocenters. The molecule has 0 amide bonds. The summed E-state index contributed by atoms with van der Waals surface area (Å²) < 4.78 is 8.63. The molecule has 6 heteroatoms. The molecule has 10 aromatic rings. The molecule has 0 aliphatic heterocycles. The first-order valence-electron chi connectivity index (χ1n) is 22.5. The summed E-state index contributed by atoms with van der Waals surface area (Å²) in [5, 5.41) is 13.9. The molecule has 0 aliphatic carbocycles. The van der Waals surface area contributed by atoms with Gasteiger partial charge in [0, 0.05) is 49.3 Å². The van der Waals surface area contributed by atoms with Crippen LogP contribution < -0.4 is 0 Å². The van der Waals surface area contributed by atoms with E-state index in [1.54, 1.807) is 0 Å². The summed E-state index contributed by atoms with van der Waals surface area (Å²) in [4.78, 5) is 10.5. The normalized spacial score (nSPS) is 12.3. The van der Waals surface area contributed by atoms with E-state index in [-0.39, 0.29) is 43.1 Å². The largest absolute Gasteiger partial charge is 0.507 e. The molecule has 1 N–H and O–H groups in total. The Labute approximate surface area is 402 Å². The van der Waals surface area contributed by atoms with Crippen LogP contribution in [0.3, 0.4) is 0 Å². The molecule has 5 nitrogen and oxygen atoms in total. The smallest absolute Gasteiger partial charge is 0.148 e. The number of fused-ring (bicyclic) bond motifs is 4. The van der Waals surface area contributed by atoms with E-state index in [9.17, 15) is 5.11 Å². The molecule has 66 heavy (non-hydrogen) atoms. The predicted molar refractivity (Wildman–Crippen MR) is 270 cm³/mol. The van der Waals surface area contributed by atoms with Crippen LogP contribution in [0.25, 0.3) is 94.7 Å². The minimum Gasteiger partial charge on any atom is -0.507 e. The Morgan fingerprint density at radius 3 is 1.92 bits per heavy atom. The van der Waals surface area contributed by atoms with Crippen LogP contribution in [0.4, 0.5) is 0 Å². The van der Waals surface area contributed by atoms with Gasteiger partial charge in [0.05, 0.1) is 22.3 Å². The van der Waals surface area contributed by atoms with Gasteiger partial charge in [-0.2, -0.15) is 0 Å². The van der Waals surface area contributed by atoms with E-state index < -0.39 is 0 Å². The van der Waals surface area contributed by atoms with E-state index in [2.05, 4.69) is 182 Å². The zero-order valence-electron chi connectivity index (χ0n) is 39.0. The predicted octanol–water partition coefficient (Wildman–Crippen LogP) is 16.1. The number of hydrogen-bond donors (Lipinski definition) is 1. The molecule has 0 spiro atoms. The zero-order valence-corrected chi connectivity index (χ0v) is 41.3. The van der Waals surface area contributed by atoms with E-state index in [1.165, 1.54) is 11.1 Å². The number of pyridine rings is 1. The number of imidazole rings is 1. The number of hydrogen-bond acceptors (Lipinski definition) is 4. The number of nitrogens with zero attached hydrogens (tertiary/aromatic N) is 3. The number of benzene rings is 7. The molecule has 3 heterocycles. The average Bonchev–Trinajstić information content (AvgIpc) is 3.86. The van der Waals surface area contributed by atoms with Crippen molar-refractivity contribution in [3.63, 3.8) is 0 Å². The van der Waals surface area contributed by atoms with Crippen molar-refractivity contribution >= 4 is 33.0 Å². The van der Waals surface area contributed by atoms with Crippen LogP contribution >= 0.6 is 0 Å². The van der Waals surface area contributed by atoms with Gasteiger partial charge >= 0.3 is 0 Å². The second kappa shape index (κ2) is 16.7. The fourth-order valence-electron chi connectivity index (χ4n) is 8.93. The maximum atomic E-state index is 12.1. The van der Waals surface area contributed by atoms with Gasteiger partial charge in [0.1, 0.15) is 22.7 Å². The van der Waals surface area contributed by atoms with Crippen molar-refractivity contribution in [2.24, 2.45) is 0 Å². The first-order valence-corrected chi connectivity index (χ1v) is 22.5. The molecule has 3 aromatic heterocycles. The summed E-state index contributed by atoms with van der Waals surface area (Å²) in [6.45, 7) is 20.2. The van der Waals surface area contributed by atoms with Crippen molar-refractivity contribution in [2.75, 3.05) is 0 Å². The summed E-state index contributed by atoms with van der Waals surface area (Å²) in [5.41, 5.74) is 16.2. The third-order valence-electron chi connectivity index (χ3n) is 12.8. The Hall–Kier alpha value is -6.55. The maximum Gasteiger partial charge on any atom is 0.148 e. The Morgan fingerprint density at radius 1 is 0.515 bits per heavy atom. The van der Waals surface area contributed by atoms with Crippen LogP contribution in [0.1, 0.15) is 79.0 Å². The van der Waals surface area contributed by atoms with Crippen molar-refractivity contribution < 1.29 is 30.6 Å². The van der Waals surface area contributed by atoms with E-state index in [1.807, 2.05) is 48.7 Å². The molecular formula is C60H54N3O2Pt-. The Bertz CT molecular complexity index is 3430. The summed E-state index contributed by atoms with van der Waals surface area (Å²) in [7, 11) is 0. The van der Waals surface area contributed by atoms with Crippen molar-refractivity contribution in [1.29, 1.82) is 0 Å². The molecule has 0 saturated carbocycles. The fraction of sp³-hybridized carbons (Fsp3) is 0.200. The summed E-state index contributed by atoms with van der Waals surface area (Å²) >= 11 is 0. The SMILES string of the molecule is CC(C)(C)c1ccc(-c2ccnc(-c3[c-]c(-c4cccc5c4nc(-c4cc6oc7ccccc7c6cc4O)n5-c4ccc(C(C)(C)C)cc4-c4ccccc4)cc(C(C)(C)C)c3)c2)cc1.[Pt]. The van der Waals surface area contributed by atoms with Gasteiger partial charge in [-0.05, 0) is 86.5 Å². The summed E-state index contributed by atoms with van der Waals surface area (Å²) in [6.07, 6.45) is 1.90. The van der Waals surface area contributed by atoms with E-state index in [0.717, 1.165) is 83.3 Å². The second-order valence-electron chi connectivity index (χ2n) is 20.5. The Balaban J connectivity index is 0.00000548. The molecule has 10 rings (SSSR count). The van der Waals surface area contributed by atoms with Gasteiger partial charge in [-0.25, -0.2) is 4.98 Å². The van der Waals surface area contributed by atoms with Gasteiger partial charge in [0.2, 0.25) is 0 Å². The van der Waals surface area contributed by atoms with Crippen molar-refractivity contribution in [1.82, 2.24) is 14.5 Å². The molecule has 0 fully saturated rings. The summed E-state index contributed by atoms with van der Waals surface area (Å²) in [6, 6.07) is 56.7. The third-order valence-corrected chi connectivity index (χ3v) is 12.8. The van der Waals surface area contributed by atoms with Crippen LogP contribution in [-0.4, -0.2) is 19.6 Å². The Morgan fingerprint density at radius 2 is 1.20 bits per heavy atom. The first-order chi connectivity index (χ1) is 31.0. The Kier molecular flexibility index (Phi) is 11.3. The minimum atomic E-state index is -0.176. The average molecular weight is 1040 g/mol. The molecular weight excluding hydrogens is 990 g/mol. The molecule has 0 bridgehead atoms. The van der Waals surface area contributed by atoms with Gasteiger partial charge in [0.15, 0.2) is 0 Å². The molecule has 332 valence electrons. The molecule has 0 unspecified atom stereocenters. The first kappa shape index (κ1) is 44.6. The molecule has 7 aromatic carbocycles. The second-order valence-corrected chi connectivity index (χ2v) is 20.5. The number of furan rings is 1. The van der Waals surface area contributed by atoms with Crippen molar-refractivity contribution in [2.45, 2.75) is 78.6 Å². The summed E-state index contributed by atoms with van der Waals surface area (Å²) in [5.74, 6) is 0.726. The van der Waals surface area contributed by atoms with Gasteiger partial charge in [-0.3, -0.25) is 9.55 Å². The van der Waals surface area contributed by atoms with Crippen LogP contribution in [0.2, 0.25) is 0 Å². The van der Waals surface area contributed by atoms with Gasteiger partial charge in [0.25, 0.3) is 0 Å². The zero-order chi connectivity index (χ0) is 45.4. The third kappa shape index (κ3) is 8.20. The quantitative estimate of drug-likeness (QED) is 0.169. The standard InChI is InChI=1S/C60H54N3O2.Pt/c1-58(2,3)42-24-22-37(23-25-42)39-28-29-61-50(33-39)41-30-40(31-44(32-41)60(7,8)9)45-19-15-20-52-56(45)62-57(49-36-55-48(35-53(49)64)46-18-13-14-21-54(46)65-55)63(52)51-27-26-43(59(4,5)6)34-47(51)38-16-11-10-12-17-38;/h10-29,31-36,64H,1-9H3;/q-1;. The number of phenols is 1. The van der Waals surface area contributed by atoms with Crippen LogP contribution in [0, 0.1) is 6.07 Å². The van der Waals surface area contributed by atoms with Crippen LogP contribution in [-0.2, 0) is 37.3 Å². The fourth-order valence-corrected chi connectivity index (χ4v) is 8.93. The van der Waals surface area contributed by atoms with Crippen LogP contribution in [0.5, 0.6) is 5.75 Å². The van der Waals surface area contributed by atoms with E-state index in [0.29, 0.717) is 17.0 Å². The maximum absolute atomic E-state index is 12.1. The van der Waals surface area contributed by atoms with E-state index >= 15 is 0 Å².